The zero-order chi connectivity index (χ0) is 12.5. The fourth-order valence-electron chi connectivity index (χ4n) is 2.13. The number of benzene rings is 1. The van der Waals surface area contributed by atoms with Gasteiger partial charge in [0.15, 0.2) is 6.61 Å². The van der Waals surface area contributed by atoms with Crippen LogP contribution in [-0.4, -0.2) is 43.0 Å². The number of carbonyl (C=O) groups is 2. The van der Waals surface area contributed by atoms with E-state index in [9.17, 15) is 9.59 Å². The van der Waals surface area contributed by atoms with Gasteiger partial charge in [-0.3, -0.25) is 14.5 Å². The third-order valence-electron chi connectivity index (χ3n) is 3.31. The van der Waals surface area contributed by atoms with E-state index >= 15 is 0 Å². The predicted octanol–water partition coefficient (Wildman–Crippen LogP) is 0.644. The van der Waals surface area contributed by atoms with Gasteiger partial charge < -0.3 is 9.64 Å². The van der Waals surface area contributed by atoms with E-state index in [1.807, 2.05) is 18.2 Å². The summed E-state index contributed by atoms with van der Waals surface area (Å²) in [5.41, 5.74) is 0.683. The van der Waals surface area contributed by atoms with E-state index < -0.39 is 0 Å². The lowest BCUT2D eigenvalue weighted by Crippen LogP contribution is -2.50. The van der Waals surface area contributed by atoms with Crippen LogP contribution in [0.15, 0.2) is 24.3 Å². The molecule has 94 valence electrons. The average Bonchev–Trinajstić information content (AvgIpc) is 2.31. The summed E-state index contributed by atoms with van der Waals surface area (Å²) >= 11 is 0. The van der Waals surface area contributed by atoms with Crippen molar-refractivity contribution in [3.63, 3.8) is 0 Å². The maximum absolute atomic E-state index is 11.9. The van der Waals surface area contributed by atoms with Crippen molar-refractivity contribution in [2.24, 2.45) is 0 Å². The van der Waals surface area contributed by atoms with Crippen molar-refractivity contribution in [3.05, 3.63) is 24.3 Å². The van der Waals surface area contributed by atoms with Gasteiger partial charge in [-0.2, -0.15) is 0 Å². The van der Waals surface area contributed by atoms with Crippen LogP contribution in [0, 0.1) is 0 Å². The highest BCUT2D eigenvalue weighted by Gasteiger charge is 2.29. The quantitative estimate of drug-likeness (QED) is 0.769. The van der Waals surface area contributed by atoms with Crippen LogP contribution in [0.25, 0.3) is 0 Å². The van der Waals surface area contributed by atoms with Crippen molar-refractivity contribution in [3.8, 4) is 5.75 Å². The van der Waals surface area contributed by atoms with Crippen LogP contribution < -0.4 is 9.64 Å². The number of fused-ring (bicyclic) bond motifs is 1. The number of anilines is 1. The van der Waals surface area contributed by atoms with Crippen molar-refractivity contribution in [2.45, 2.75) is 6.42 Å². The molecule has 2 aliphatic rings. The Morgan fingerprint density at radius 1 is 1.28 bits per heavy atom. The molecule has 1 fully saturated rings. The molecule has 0 atom stereocenters. The molecule has 5 heteroatoms. The minimum atomic E-state index is -0.164. The van der Waals surface area contributed by atoms with E-state index in [0.717, 1.165) is 19.5 Å². The highest BCUT2D eigenvalue weighted by Crippen LogP contribution is 2.31. The van der Waals surface area contributed by atoms with E-state index in [0.29, 0.717) is 11.4 Å². The number of para-hydroxylation sites is 2. The molecule has 1 saturated heterocycles. The standard InChI is InChI=1S/C13H14N2O3/c16-12(14-6-3-7-14)8-15-10-4-1-2-5-11(10)18-9-13(15)17/h1-2,4-5H,3,6-9H2. The molecule has 2 heterocycles. The maximum Gasteiger partial charge on any atom is 0.265 e. The first-order chi connectivity index (χ1) is 8.75. The van der Waals surface area contributed by atoms with Crippen molar-refractivity contribution < 1.29 is 14.3 Å². The van der Waals surface area contributed by atoms with Gasteiger partial charge in [-0.05, 0) is 18.6 Å². The van der Waals surface area contributed by atoms with Gasteiger partial charge in [-0.25, -0.2) is 0 Å². The van der Waals surface area contributed by atoms with Crippen molar-refractivity contribution in [2.75, 3.05) is 31.1 Å². The van der Waals surface area contributed by atoms with Gasteiger partial charge in [-0.15, -0.1) is 0 Å². The van der Waals surface area contributed by atoms with E-state index in [1.165, 1.54) is 4.90 Å². The predicted molar refractivity (Wildman–Crippen MR) is 65.5 cm³/mol. The fourth-order valence-corrected chi connectivity index (χ4v) is 2.13. The van der Waals surface area contributed by atoms with Gasteiger partial charge in [0.2, 0.25) is 5.91 Å². The number of ether oxygens (including phenoxy) is 1. The van der Waals surface area contributed by atoms with Crippen LogP contribution in [0.1, 0.15) is 6.42 Å². The van der Waals surface area contributed by atoms with Gasteiger partial charge in [-0.1, -0.05) is 12.1 Å². The molecule has 0 bridgehead atoms. The molecule has 18 heavy (non-hydrogen) atoms. The molecule has 0 radical (unpaired) electrons. The third-order valence-corrected chi connectivity index (χ3v) is 3.31. The molecule has 0 N–H and O–H groups in total. The molecule has 0 spiro atoms. The molecule has 3 rings (SSSR count). The second kappa shape index (κ2) is 4.33. The summed E-state index contributed by atoms with van der Waals surface area (Å²) in [4.78, 5) is 27.1. The van der Waals surface area contributed by atoms with Crippen LogP contribution in [0.2, 0.25) is 0 Å². The number of amides is 2. The number of hydrogen-bond acceptors (Lipinski definition) is 3. The lowest BCUT2D eigenvalue weighted by molar-refractivity contribution is -0.134. The van der Waals surface area contributed by atoms with E-state index in [2.05, 4.69) is 0 Å². The summed E-state index contributed by atoms with van der Waals surface area (Å²) in [6, 6.07) is 7.30. The van der Waals surface area contributed by atoms with Gasteiger partial charge in [0.25, 0.3) is 5.91 Å². The fraction of sp³-hybridized carbons (Fsp3) is 0.385. The van der Waals surface area contributed by atoms with Gasteiger partial charge in [0.05, 0.1) is 5.69 Å². The molecule has 0 unspecified atom stereocenters. The Labute approximate surface area is 105 Å². The van der Waals surface area contributed by atoms with Crippen molar-refractivity contribution >= 4 is 17.5 Å². The van der Waals surface area contributed by atoms with Gasteiger partial charge in [0.1, 0.15) is 12.3 Å². The SMILES string of the molecule is O=C(CN1C(=O)COc2ccccc21)N1CCC1. The van der Waals surface area contributed by atoms with Crippen LogP contribution in [0.5, 0.6) is 5.75 Å². The first-order valence-corrected chi connectivity index (χ1v) is 6.06. The molecule has 5 nitrogen and oxygen atoms in total. The Morgan fingerprint density at radius 3 is 2.78 bits per heavy atom. The minimum Gasteiger partial charge on any atom is -0.482 e. The second-order valence-corrected chi connectivity index (χ2v) is 4.47. The summed E-state index contributed by atoms with van der Waals surface area (Å²) in [6.07, 6.45) is 1.05. The number of likely N-dealkylation sites (tertiary alicyclic amines) is 1. The van der Waals surface area contributed by atoms with Crippen molar-refractivity contribution in [1.82, 2.24) is 4.90 Å². The Kier molecular flexibility index (Phi) is 2.66. The lowest BCUT2D eigenvalue weighted by atomic mass is 10.2. The van der Waals surface area contributed by atoms with Crippen LogP contribution in [0.3, 0.4) is 0 Å². The molecule has 2 aliphatic heterocycles. The first kappa shape index (κ1) is 11.1. The molecular weight excluding hydrogens is 232 g/mol. The molecule has 1 aromatic carbocycles. The molecule has 0 aromatic heterocycles. The zero-order valence-corrected chi connectivity index (χ0v) is 9.96. The maximum atomic E-state index is 11.9. The molecule has 1 aromatic rings. The summed E-state index contributed by atoms with van der Waals surface area (Å²) in [5.74, 6) is 0.502. The lowest BCUT2D eigenvalue weighted by Gasteiger charge is -2.34. The van der Waals surface area contributed by atoms with Gasteiger partial charge in [0, 0.05) is 13.1 Å². The number of rotatable bonds is 2. The third kappa shape index (κ3) is 1.81. The normalized spacial score (nSPS) is 17.9. The first-order valence-electron chi connectivity index (χ1n) is 6.06. The van der Waals surface area contributed by atoms with E-state index in [1.54, 1.807) is 11.0 Å². The Balaban J connectivity index is 1.81. The molecular formula is C13H14N2O3. The summed E-state index contributed by atoms with van der Waals surface area (Å²) < 4.78 is 5.33. The molecule has 0 saturated carbocycles. The van der Waals surface area contributed by atoms with Crippen LogP contribution >= 0.6 is 0 Å². The second-order valence-electron chi connectivity index (χ2n) is 4.47. The Hall–Kier alpha value is -2.04. The average molecular weight is 246 g/mol. The van der Waals surface area contributed by atoms with Gasteiger partial charge >= 0.3 is 0 Å². The zero-order valence-electron chi connectivity index (χ0n) is 9.96. The topological polar surface area (TPSA) is 49.9 Å². The van der Waals surface area contributed by atoms with E-state index in [4.69, 9.17) is 4.74 Å². The minimum absolute atomic E-state index is 0.00426. The summed E-state index contributed by atoms with van der Waals surface area (Å²) in [7, 11) is 0. The number of carbonyl (C=O) groups excluding carboxylic acids is 2. The molecule has 0 aliphatic carbocycles. The Morgan fingerprint density at radius 2 is 2.06 bits per heavy atom. The summed E-state index contributed by atoms with van der Waals surface area (Å²) in [5, 5.41) is 0. The van der Waals surface area contributed by atoms with Crippen molar-refractivity contribution in [1.29, 1.82) is 0 Å². The number of nitrogens with zero attached hydrogens (tertiary/aromatic N) is 2. The Bertz CT molecular complexity index is 497. The molecule has 2 amide bonds. The monoisotopic (exact) mass is 246 g/mol. The number of hydrogen-bond donors (Lipinski definition) is 0. The highest BCUT2D eigenvalue weighted by molar-refractivity contribution is 6.02. The smallest absolute Gasteiger partial charge is 0.265 e. The largest absolute Gasteiger partial charge is 0.482 e. The van der Waals surface area contributed by atoms with E-state index in [-0.39, 0.29) is 25.0 Å². The van der Waals surface area contributed by atoms with Crippen LogP contribution in [0.4, 0.5) is 5.69 Å². The highest BCUT2D eigenvalue weighted by atomic mass is 16.5. The van der Waals surface area contributed by atoms with Crippen LogP contribution in [-0.2, 0) is 9.59 Å². The summed E-state index contributed by atoms with van der Waals surface area (Å²) in [6.45, 7) is 1.72.